The second-order valence-corrected chi connectivity index (χ2v) is 7.79. The van der Waals surface area contributed by atoms with E-state index in [1.54, 1.807) is 18.2 Å². The van der Waals surface area contributed by atoms with E-state index in [9.17, 15) is 9.59 Å². The summed E-state index contributed by atoms with van der Waals surface area (Å²) in [6, 6.07) is 4.82. The molecule has 0 aliphatic carbocycles. The van der Waals surface area contributed by atoms with Crippen LogP contribution in [0.25, 0.3) is 0 Å². The maximum absolute atomic E-state index is 12.7. The van der Waals surface area contributed by atoms with Crippen molar-refractivity contribution in [1.29, 1.82) is 0 Å². The minimum Gasteiger partial charge on any atom is -0.490 e. The second-order valence-electron chi connectivity index (χ2n) is 6.91. The molecule has 2 atom stereocenters. The molecule has 2 amide bonds. The Hall–Kier alpha value is -1.54. The number of piperidine rings is 1. The lowest BCUT2D eigenvalue weighted by molar-refractivity contribution is -0.135. The largest absolute Gasteiger partial charge is 0.490 e. The molecule has 2 saturated heterocycles. The summed E-state index contributed by atoms with van der Waals surface area (Å²) in [7, 11) is 0. The van der Waals surface area contributed by atoms with Gasteiger partial charge in [-0.3, -0.25) is 9.59 Å². The van der Waals surface area contributed by atoms with Crippen molar-refractivity contribution in [2.75, 3.05) is 26.2 Å². The predicted octanol–water partition coefficient (Wildman–Crippen LogP) is 1.17. The average Bonchev–Trinajstić information content (AvgIpc) is 3.09. The molecule has 27 heavy (non-hydrogen) atoms. The number of halogens is 2. The third-order valence-corrected chi connectivity index (χ3v) is 5.31. The van der Waals surface area contributed by atoms with Gasteiger partial charge in [0.1, 0.15) is 11.9 Å². The number of benzene rings is 1. The number of carbonyl (C=O) groups is 2. The number of hydrogen-bond donors (Lipinski definition) is 3. The van der Waals surface area contributed by atoms with Crippen molar-refractivity contribution in [3.8, 4) is 5.75 Å². The van der Waals surface area contributed by atoms with Gasteiger partial charge >= 0.3 is 0 Å². The highest BCUT2D eigenvalue weighted by molar-refractivity contribution is 6.34. The molecule has 9 heteroatoms. The van der Waals surface area contributed by atoms with Gasteiger partial charge < -0.3 is 26.0 Å². The smallest absolute Gasteiger partial charge is 0.239 e. The molecule has 4 N–H and O–H groups in total. The Morgan fingerprint density at radius 1 is 1.22 bits per heavy atom. The molecule has 2 aliphatic rings. The van der Waals surface area contributed by atoms with Gasteiger partial charge in [0.05, 0.1) is 12.6 Å². The monoisotopic (exact) mass is 414 g/mol. The molecule has 1 unspecified atom stereocenters. The lowest BCUT2D eigenvalue weighted by Gasteiger charge is -2.33. The van der Waals surface area contributed by atoms with Crippen LogP contribution in [0.1, 0.15) is 19.3 Å². The van der Waals surface area contributed by atoms with Gasteiger partial charge in [0.25, 0.3) is 0 Å². The normalized spacial score (nSPS) is 23.3. The van der Waals surface area contributed by atoms with Crippen LogP contribution in [-0.4, -0.2) is 61.1 Å². The van der Waals surface area contributed by atoms with Gasteiger partial charge in [-0.25, -0.2) is 0 Å². The third kappa shape index (κ3) is 5.48. The Morgan fingerprint density at radius 3 is 2.52 bits per heavy atom. The van der Waals surface area contributed by atoms with Crippen molar-refractivity contribution in [2.45, 2.75) is 37.5 Å². The molecule has 2 aliphatic heterocycles. The number of carbonyl (C=O) groups excluding carboxylic acids is 2. The maximum atomic E-state index is 12.7. The second kappa shape index (κ2) is 9.10. The molecular formula is C18H24Cl2N4O3. The quantitative estimate of drug-likeness (QED) is 0.671. The Bertz CT molecular complexity index is 675. The van der Waals surface area contributed by atoms with Gasteiger partial charge in [-0.1, -0.05) is 23.2 Å². The zero-order chi connectivity index (χ0) is 19.4. The number of likely N-dealkylation sites (tertiary alicyclic amines) is 1. The van der Waals surface area contributed by atoms with Crippen molar-refractivity contribution in [1.82, 2.24) is 15.5 Å². The van der Waals surface area contributed by atoms with Gasteiger partial charge in [0.2, 0.25) is 11.8 Å². The van der Waals surface area contributed by atoms with Gasteiger partial charge in [-0.2, -0.15) is 0 Å². The zero-order valence-electron chi connectivity index (χ0n) is 14.9. The molecule has 1 aromatic rings. The van der Waals surface area contributed by atoms with Crippen LogP contribution in [-0.2, 0) is 9.59 Å². The van der Waals surface area contributed by atoms with Crippen molar-refractivity contribution in [2.24, 2.45) is 5.73 Å². The highest BCUT2D eigenvalue weighted by atomic mass is 35.5. The van der Waals surface area contributed by atoms with Crippen molar-refractivity contribution in [3.05, 3.63) is 28.2 Å². The first-order valence-corrected chi connectivity index (χ1v) is 9.84. The molecule has 0 spiro atoms. The summed E-state index contributed by atoms with van der Waals surface area (Å²) in [5.74, 6) is 0.519. The molecular weight excluding hydrogens is 391 g/mol. The number of ether oxygens (including phenoxy) is 1. The summed E-state index contributed by atoms with van der Waals surface area (Å²) in [6.45, 7) is 1.81. The van der Waals surface area contributed by atoms with E-state index in [-0.39, 0.29) is 36.5 Å². The molecule has 7 nitrogen and oxygen atoms in total. The number of hydrogen-bond acceptors (Lipinski definition) is 5. The first-order valence-electron chi connectivity index (χ1n) is 9.09. The zero-order valence-corrected chi connectivity index (χ0v) is 16.4. The van der Waals surface area contributed by atoms with Crippen molar-refractivity contribution >= 4 is 35.0 Å². The minimum atomic E-state index is -0.266. The average molecular weight is 415 g/mol. The highest BCUT2D eigenvalue weighted by Gasteiger charge is 2.34. The van der Waals surface area contributed by atoms with Crippen LogP contribution in [0.5, 0.6) is 5.75 Å². The molecule has 2 heterocycles. The lowest BCUT2D eigenvalue weighted by Crippen LogP contribution is -2.48. The first kappa shape index (κ1) is 20.2. The van der Waals surface area contributed by atoms with E-state index < -0.39 is 0 Å². The fourth-order valence-corrected chi connectivity index (χ4v) is 4.03. The SMILES string of the molecule is NCC(=O)NC1CN[C@@H](C(=O)N2CCC(Oc3cc(Cl)cc(Cl)c3)CC2)C1. The number of nitrogens with two attached hydrogens (primary N) is 1. The van der Waals surface area contributed by atoms with Crippen LogP contribution in [0.3, 0.4) is 0 Å². The Kier molecular flexibility index (Phi) is 6.81. The van der Waals surface area contributed by atoms with Crippen molar-refractivity contribution < 1.29 is 14.3 Å². The number of nitrogens with one attached hydrogen (secondary N) is 2. The van der Waals surface area contributed by atoms with E-state index in [1.165, 1.54) is 0 Å². The third-order valence-electron chi connectivity index (χ3n) is 4.87. The van der Waals surface area contributed by atoms with Crippen LogP contribution < -0.4 is 21.1 Å². The Morgan fingerprint density at radius 2 is 1.89 bits per heavy atom. The van der Waals surface area contributed by atoms with Crippen molar-refractivity contribution in [3.63, 3.8) is 0 Å². The molecule has 0 bridgehead atoms. The van der Waals surface area contributed by atoms with Crippen LogP contribution in [0.15, 0.2) is 18.2 Å². The fourth-order valence-electron chi connectivity index (χ4n) is 3.52. The van der Waals surface area contributed by atoms with Gasteiger partial charge in [0, 0.05) is 48.6 Å². The Balaban J connectivity index is 1.46. The number of rotatable bonds is 5. The standard InChI is InChI=1S/C18H24Cl2N4O3/c19-11-5-12(20)7-15(6-11)27-14-1-3-24(4-2-14)18(26)16-8-13(10-22-16)23-17(25)9-21/h5-7,13-14,16,22H,1-4,8-10,21H2,(H,23,25)/t13?,16-/m1/s1. The first-order chi connectivity index (χ1) is 12.9. The summed E-state index contributed by atoms with van der Waals surface area (Å²) < 4.78 is 5.96. The lowest BCUT2D eigenvalue weighted by atomic mass is 10.1. The summed E-state index contributed by atoms with van der Waals surface area (Å²) in [5, 5.41) is 7.08. The topological polar surface area (TPSA) is 96.7 Å². The summed E-state index contributed by atoms with van der Waals surface area (Å²) >= 11 is 12.0. The molecule has 3 rings (SSSR count). The minimum absolute atomic E-state index is 0.0247. The van der Waals surface area contributed by atoms with Crippen LogP contribution in [0.4, 0.5) is 0 Å². The van der Waals surface area contributed by atoms with E-state index in [2.05, 4.69) is 10.6 Å². The molecule has 2 fully saturated rings. The molecule has 0 saturated carbocycles. The maximum Gasteiger partial charge on any atom is 0.239 e. The van der Waals surface area contributed by atoms with E-state index in [4.69, 9.17) is 33.7 Å². The van der Waals surface area contributed by atoms with Gasteiger partial charge in [0.15, 0.2) is 0 Å². The number of nitrogens with zero attached hydrogens (tertiary/aromatic N) is 1. The van der Waals surface area contributed by atoms with E-state index in [0.29, 0.717) is 41.8 Å². The summed E-state index contributed by atoms with van der Waals surface area (Å²) in [6.07, 6.45) is 2.10. The summed E-state index contributed by atoms with van der Waals surface area (Å²) in [5.41, 5.74) is 5.31. The van der Waals surface area contributed by atoms with E-state index >= 15 is 0 Å². The number of amides is 2. The Labute approximate surface area is 168 Å². The van der Waals surface area contributed by atoms with Crippen LogP contribution >= 0.6 is 23.2 Å². The fraction of sp³-hybridized carbons (Fsp3) is 0.556. The van der Waals surface area contributed by atoms with Gasteiger partial charge in [-0.15, -0.1) is 0 Å². The van der Waals surface area contributed by atoms with E-state index in [0.717, 1.165) is 12.8 Å². The van der Waals surface area contributed by atoms with E-state index in [1.807, 2.05) is 4.90 Å². The van der Waals surface area contributed by atoms with Crippen LogP contribution in [0, 0.1) is 0 Å². The molecule has 0 radical (unpaired) electrons. The highest BCUT2D eigenvalue weighted by Crippen LogP contribution is 2.27. The molecule has 1 aromatic carbocycles. The van der Waals surface area contributed by atoms with Crippen LogP contribution in [0.2, 0.25) is 10.0 Å². The molecule has 0 aromatic heterocycles. The molecule has 148 valence electrons. The summed E-state index contributed by atoms with van der Waals surface area (Å²) in [4.78, 5) is 25.9. The van der Waals surface area contributed by atoms with Gasteiger partial charge in [-0.05, 0) is 24.6 Å². The predicted molar refractivity (Wildman–Crippen MR) is 104 cm³/mol.